The van der Waals surface area contributed by atoms with Crippen molar-refractivity contribution in [2.45, 2.75) is 6.42 Å². The van der Waals surface area contributed by atoms with E-state index in [1.807, 2.05) is 24.3 Å². The van der Waals surface area contributed by atoms with Gasteiger partial charge in [0.25, 0.3) is 0 Å². The Morgan fingerprint density at radius 3 is 3.00 bits per heavy atom. The minimum Gasteiger partial charge on any atom is -0.330 e. The maximum Gasteiger partial charge on any atom is 0.0729 e. The molecule has 2 N–H and O–H groups in total. The molecule has 1 aromatic carbocycles. The van der Waals surface area contributed by atoms with Crippen molar-refractivity contribution in [1.82, 2.24) is 4.98 Å². The molecule has 2 nitrogen and oxygen atoms in total. The van der Waals surface area contributed by atoms with Gasteiger partial charge in [0.05, 0.1) is 5.52 Å². The average molecular weight is 231 g/mol. The molecule has 0 aliphatic heterocycles. The molecule has 0 amide bonds. The fourth-order valence-electron chi connectivity index (χ4n) is 1.46. The summed E-state index contributed by atoms with van der Waals surface area (Å²) in [6.07, 6.45) is 2.45. The molecule has 3 heteroatoms. The average Bonchev–Trinajstić information content (AvgIpc) is 2.29. The molecule has 0 saturated heterocycles. The molecule has 1 aromatic heterocycles. The van der Waals surface area contributed by atoms with E-state index in [4.69, 9.17) is 17.3 Å². The van der Waals surface area contributed by atoms with Crippen molar-refractivity contribution in [1.29, 1.82) is 0 Å². The summed E-state index contributed by atoms with van der Waals surface area (Å²) in [5, 5.41) is 1.71. The molecule has 0 bridgehead atoms. The summed E-state index contributed by atoms with van der Waals surface area (Å²) < 4.78 is 0. The highest BCUT2D eigenvalue weighted by Gasteiger charge is 1.99. The normalized spacial score (nSPS) is 9.88. The van der Waals surface area contributed by atoms with E-state index in [1.54, 1.807) is 6.20 Å². The zero-order valence-electron chi connectivity index (χ0n) is 8.70. The smallest absolute Gasteiger partial charge is 0.0729 e. The van der Waals surface area contributed by atoms with Crippen LogP contribution in [0.2, 0.25) is 5.02 Å². The molecule has 2 rings (SSSR count). The van der Waals surface area contributed by atoms with E-state index in [2.05, 4.69) is 16.8 Å². The third-order valence-corrected chi connectivity index (χ3v) is 2.43. The largest absolute Gasteiger partial charge is 0.330 e. The lowest BCUT2D eigenvalue weighted by atomic mass is 10.1. The summed E-state index contributed by atoms with van der Waals surface area (Å²) in [5.41, 5.74) is 7.23. The minimum atomic E-state index is 0.585. The third-order valence-electron chi connectivity index (χ3n) is 2.20. The number of hydrogen-bond donors (Lipinski definition) is 1. The first-order valence-corrected chi connectivity index (χ1v) is 5.42. The second-order valence-electron chi connectivity index (χ2n) is 3.36. The second-order valence-corrected chi connectivity index (χ2v) is 3.80. The van der Waals surface area contributed by atoms with Gasteiger partial charge in [-0.2, -0.15) is 0 Å². The molecule has 0 fully saturated rings. The third kappa shape index (κ3) is 2.33. The highest BCUT2D eigenvalue weighted by molar-refractivity contribution is 6.31. The molecule has 0 atom stereocenters. The van der Waals surface area contributed by atoms with Gasteiger partial charge in [-0.1, -0.05) is 29.5 Å². The summed E-state index contributed by atoms with van der Waals surface area (Å²) in [7, 11) is 0. The molecular formula is C13H11ClN2. The van der Waals surface area contributed by atoms with Crippen LogP contribution < -0.4 is 5.73 Å². The van der Waals surface area contributed by atoms with Gasteiger partial charge in [-0.15, -0.1) is 0 Å². The van der Waals surface area contributed by atoms with Crippen LogP contribution in [0, 0.1) is 11.8 Å². The van der Waals surface area contributed by atoms with Gasteiger partial charge < -0.3 is 5.73 Å². The number of fused-ring (bicyclic) bond motifs is 1. The van der Waals surface area contributed by atoms with E-state index < -0.39 is 0 Å². The van der Waals surface area contributed by atoms with Crippen LogP contribution in [0.5, 0.6) is 0 Å². The van der Waals surface area contributed by atoms with Crippen molar-refractivity contribution in [3.8, 4) is 11.8 Å². The van der Waals surface area contributed by atoms with Gasteiger partial charge in [-0.25, -0.2) is 0 Å². The highest BCUT2D eigenvalue weighted by Crippen LogP contribution is 2.19. The minimum absolute atomic E-state index is 0.585. The molecule has 0 unspecified atom stereocenters. The van der Waals surface area contributed by atoms with Gasteiger partial charge in [0.1, 0.15) is 0 Å². The number of benzene rings is 1. The van der Waals surface area contributed by atoms with E-state index in [0.717, 1.165) is 16.5 Å². The number of hydrogen-bond acceptors (Lipinski definition) is 2. The number of rotatable bonds is 1. The van der Waals surface area contributed by atoms with E-state index in [9.17, 15) is 0 Å². The predicted octanol–water partition coefficient (Wildman–Crippen LogP) is 2.59. The van der Waals surface area contributed by atoms with Crippen LogP contribution in [-0.4, -0.2) is 11.5 Å². The highest BCUT2D eigenvalue weighted by atomic mass is 35.5. The Bertz CT molecular complexity index is 567. The van der Waals surface area contributed by atoms with Crippen LogP contribution in [0.25, 0.3) is 10.9 Å². The van der Waals surface area contributed by atoms with Crippen molar-refractivity contribution in [2.24, 2.45) is 5.73 Å². The summed E-state index contributed by atoms with van der Waals surface area (Å²) in [6, 6.07) is 7.53. The lowest BCUT2D eigenvalue weighted by Crippen LogP contribution is -1.95. The lowest BCUT2D eigenvalue weighted by molar-refractivity contribution is 1.03. The fourth-order valence-corrected chi connectivity index (χ4v) is 1.63. The van der Waals surface area contributed by atoms with Crippen molar-refractivity contribution < 1.29 is 0 Å². The fraction of sp³-hybridized carbons (Fsp3) is 0.154. The SMILES string of the molecule is NCCC#Cc1ccnc2cc(Cl)ccc12. The first-order valence-electron chi connectivity index (χ1n) is 5.04. The molecule has 16 heavy (non-hydrogen) atoms. The van der Waals surface area contributed by atoms with E-state index in [-0.39, 0.29) is 0 Å². The molecule has 80 valence electrons. The van der Waals surface area contributed by atoms with Crippen molar-refractivity contribution in [3.63, 3.8) is 0 Å². The van der Waals surface area contributed by atoms with Gasteiger partial charge in [0.15, 0.2) is 0 Å². The molecule has 1 heterocycles. The van der Waals surface area contributed by atoms with Crippen LogP contribution in [0.15, 0.2) is 30.5 Å². The van der Waals surface area contributed by atoms with E-state index in [0.29, 0.717) is 18.0 Å². The molecule has 0 saturated carbocycles. The van der Waals surface area contributed by atoms with E-state index >= 15 is 0 Å². The van der Waals surface area contributed by atoms with Crippen molar-refractivity contribution in [3.05, 3.63) is 41.0 Å². The first kappa shape index (κ1) is 10.9. The second kappa shape index (κ2) is 4.98. The molecule has 0 aliphatic carbocycles. The molecule has 2 aromatic rings. The Balaban J connectivity index is 2.51. The van der Waals surface area contributed by atoms with Gasteiger partial charge in [0.2, 0.25) is 0 Å². The molecular weight excluding hydrogens is 220 g/mol. The van der Waals surface area contributed by atoms with E-state index in [1.165, 1.54) is 0 Å². The quantitative estimate of drug-likeness (QED) is 0.765. The van der Waals surface area contributed by atoms with Gasteiger partial charge in [-0.05, 0) is 18.2 Å². The van der Waals surface area contributed by atoms with Crippen LogP contribution in [0.4, 0.5) is 0 Å². The van der Waals surface area contributed by atoms with Crippen LogP contribution in [-0.2, 0) is 0 Å². The first-order chi connectivity index (χ1) is 7.81. The number of aromatic nitrogens is 1. The van der Waals surface area contributed by atoms with Crippen molar-refractivity contribution >= 4 is 22.5 Å². The number of halogens is 1. The van der Waals surface area contributed by atoms with Gasteiger partial charge in [-0.3, -0.25) is 4.98 Å². The van der Waals surface area contributed by atoms with Crippen LogP contribution >= 0.6 is 11.6 Å². The zero-order chi connectivity index (χ0) is 11.4. The number of nitrogens with two attached hydrogens (primary N) is 1. The standard InChI is InChI=1S/C13H11ClN2/c14-11-4-5-12-10(3-1-2-7-15)6-8-16-13(12)9-11/h4-6,8-9H,2,7,15H2. The topological polar surface area (TPSA) is 38.9 Å². The zero-order valence-corrected chi connectivity index (χ0v) is 9.46. The summed E-state index contributed by atoms with van der Waals surface area (Å²) in [6.45, 7) is 0.585. The Morgan fingerprint density at radius 1 is 1.31 bits per heavy atom. The Morgan fingerprint density at radius 2 is 2.19 bits per heavy atom. The van der Waals surface area contributed by atoms with Gasteiger partial charge in [0, 0.05) is 35.1 Å². The van der Waals surface area contributed by atoms with Gasteiger partial charge >= 0.3 is 0 Å². The van der Waals surface area contributed by atoms with Crippen molar-refractivity contribution in [2.75, 3.05) is 6.54 Å². The van der Waals surface area contributed by atoms with Crippen LogP contribution in [0.3, 0.4) is 0 Å². The predicted molar refractivity (Wildman–Crippen MR) is 67.3 cm³/mol. The molecule has 0 aliphatic rings. The Labute approximate surface area is 99.4 Å². The summed E-state index contributed by atoms with van der Waals surface area (Å²) in [5.74, 6) is 6.12. The summed E-state index contributed by atoms with van der Waals surface area (Å²) >= 11 is 5.91. The number of nitrogens with zero attached hydrogens (tertiary/aromatic N) is 1. The Hall–Kier alpha value is -1.56. The lowest BCUT2D eigenvalue weighted by Gasteiger charge is -1.99. The maximum absolute atomic E-state index is 5.91. The van der Waals surface area contributed by atoms with Crippen LogP contribution in [0.1, 0.15) is 12.0 Å². The number of pyridine rings is 1. The molecule has 0 spiro atoms. The maximum atomic E-state index is 5.91. The Kier molecular flexibility index (Phi) is 3.40. The summed E-state index contributed by atoms with van der Waals surface area (Å²) in [4.78, 5) is 4.25. The monoisotopic (exact) mass is 230 g/mol. The molecule has 0 radical (unpaired) electrons.